The van der Waals surface area contributed by atoms with E-state index in [1.54, 1.807) is 24.5 Å². The summed E-state index contributed by atoms with van der Waals surface area (Å²) >= 11 is 1.43. The quantitative estimate of drug-likeness (QED) is 0.0894. The van der Waals surface area contributed by atoms with Gasteiger partial charge in [-0.3, -0.25) is 9.36 Å². The van der Waals surface area contributed by atoms with E-state index in [4.69, 9.17) is 4.74 Å². The van der Waals surface area contributed by atoms with Crippen LogP contribution in [0.4, 0.5) is 4.39 Å². The lowest BCUT2D eigenvalue weighted by Gasteiger charge is -2.15. The van der Waals surface area contributed by atoms with Crippen molar-refractivity contribution in [2.24, 2.45) is 0 Å². The molecule has 0 spiro atoms. The zero-order valence-corrected chi connectivity index (χ0v) is 23.2. The molecule has 0 aliphatic carbocycles. The van der Waals surface area contributed by atoms with Crippen molar-refractivity contribution < 1.29 is 9.13 Å². The standard InChI is InChI=1S/C31H35FN4O2S/c1-2-3-4-5-6-7-8-17-38-29-15-13-28(14-16-29)36-21-26(18-25-19-33-23-34-20-25)30(37)35-31(36)39-22-24-9-11-27(32)12-10-24/h9-16,19-21,23H,2-8,17-18,22H2,1H3. The monoisotopic (exact) mass is 546 g/mol. The van der Waals surface area contributed by atoms with Crippen LogP contribution >= 0.6 is 11.8 Å². The summed E-state index contributed by atoms with van der Waals surface area (Å²) in [4.78, 5) is 25.5. The molecule has 0 amide bonds. The maximum absolute atomic E-state index is 13.3. The molecular formula is C31H35FN4O2S. The lowest BCUT2D eigenvalue weighted by molar-refractivity contribution is 0.304. The Bertz CT molecular complexity index is 1350. The second-order valence-electron chi connectivity index (χ2n) is 9.53. The third-order valence-electron chi connectivity index (χ3n) is 6.38. The first-order valence-corrected chi connectivity index (χ1v) is 14.6. The molecule has 204 valence electrons. The van der Waals surface area contributed by atoms with Crippen molar-refractivity contribution in [1.82, 2.24) is 19.5 Å². The van der Waals surface area contributed by atoms with Gasteiger partial charge < -0.3 is 4.74 Å². The van der Waals surface area contributed by atoms with E-state index < -0.39 is 0 Å². The van der Waals surface area contributed by atoms with E-state index in [0.29, 0.717) is 29.5 Å². The molecule has 2 heterocycles. The van der Waals surface area contributed by atoms with E-state index in [0.717, 1.165) is 29.0 Å². The van der Waals surface area contributed by atoms with Gasteiger partial charge in [0.1, 0.15) is 17.9 Å². The van der Waals surface area contributed by atoms with Crippen molar-refractivity contribution in [2.75, 3.05) is 6.61 Å². The highest BCUT2D eigenvalue weighted by molar-refractivity contribution is 7.98. The molecule has 4 aromatic rings. The van der Waals surface area contributed by atoms with Crippen LogP contribution in [0.1, 0.15) is 68.6 Å². The summed E-state index contributed by atoms with van der Waals surface area (Å²) in [6.07, 6.45) is 15.8. The number of aromatic nitrogens is 4. The Balaban J connectivity index is 1.47. The molecule has 0 aliphatic heterocycles. The molecule has 0 atom stereocenters. The van der Waals surface area contributed by atoms with Crippen molar-refractivity contribution in [3.05, 3.63) is 106 Å². The number of ether oxygens (including phenoxy) is 1. The van der Waals surface area contributed by atoms with Crippen LogP contribution in [0.15, 0.2) is 83.4 Å². The highest BCUT2D eigenvalue weighted by Gasteiger charge is 2.13. The predicted octanol–water partition coefficient (Wildman–Crippen LogP) is 7.17. The van der Waals surface area contributed by atoms with Crippen LogP contribution in [0.2, 0.25) is 0 Å². The Labute approximate surface area is 233 Å². The van der Waals surface area contributed by atoms with Gasteiger partial charge in [0.05, 0.1) is 6.61 Å². The largest absolute Gasteiger partial charge is 0.494 e. The molecule has 0 unspecified atom stereocenters. The van der Waals surface area contributed by atoms with E-state index in [1.165, 1.54) is 68.7 Å². The second kappa shape index (κ2) is 15.2. The zero-order valence-electron chi connectivity index (χ0n) is 22.4. The maximum atomic E-state index is 13.3. The first-order valence-electron chi connectivity index (χ1n) is 13.6. The molecule has 0 saturated heterocycles. The van der Waals surface area contributed by atoms with Crippen LogP contribution in [0.3, 0.4) is 0 Å². The number of thioether (sulfide) groups is 1. The van der Waals surface area contributed by atoms with Crippen LogP contribution in [-0.4, -0.2) is 26.1 Å². The summed E-state index contributed by atoms with van der Waals surface area (Å²) in [5.41, 5.74) is 2.92. The third kappa shape index (κ3) is 9.03. The summed E-state index contributed by atoms with van der Waals surface area (Å²) in [6.45, 7) is 2.94. The van der Waals surface area contributed by atoms with Gasteiger partial charge in [0.15, 0.2) is 5.16 Å². The number of hydrogen-bond acceptors (Lipinski definition) is 6. The Morgan fingerprint density at radius 3 is 2.28 bits per heavy atom. The molecule has 0 N–H and O–H groups in total. The van der Waals surface area contributed by atoms with Gasteiger partial charge in [-0.25, -0.2) is 14.4 Å². The molecule has 0 radical (unpaired) electrons. The van der Waals surface area contributed by atoms with Gasteiger partial charge in [-0.2, -0.15) is 4.98 Å². The Hall–Kier alpha value is -3.52. The molecule has 4 rings (SSSR count). The minimum Gasteiger partial charge on any atom is -0.494 e. The maximum Gasteiger partial charge on any atom is 0.277 e. The first kappa shape index (κ1) is 28.5. The van der Waals surface area contributed by atoms with Crippen molar-refractivity contribution in [2.45, 2.75) is 69.2 Å². The van der Waals surface area contributed by atoms with Gasteiger partial charge in [0.2, 0.25) is 0 Å². The van der Waals surface area contributed by atoms with Gasteiger partial charge in [-0.05, 0) is 53.9 Å². The smallest absolute Gasteiger partial charge is 0.277 e. The fourth-order valence-corrected chi connectivity index (χ4v) is 5.14. The lowest BCUT2D eigenvalue weighted by Crippen LogP contribution is -2.19. The normalized spacial score (nSPS) is 11.0. The van der Waals surface area contributed by atoms with Crippen molar-refractivity contribution in [3.63, 3.8) is 0 Å². The van der Waals surface area contributed by atoms with Gasteiger partial charge in [-0.1, -0.05) is 69.3 Å². The topological polar surface area (TPSA) is 69.9 Å². The number of halogens is 1. The average Bonchev–Trinajstić information content (AvgIpc) is 2.96. The van der Waals surface area contributed by atoms with Gasteiger partial charge in [0, 0.05) is 42.0 Å². The van der Waals surface area contributed by atoms with E-state index in [9.17, 15) is 9.18 Å². The Morgan fingerprint density at radius 1 is 0.872 bits per heavy atom. The minimum atomic E-state index is -0.286. The molecule has 0 aliphatic rings. The Kier molecular flexibility index (Phi) is 11.1. The van der Waals surface area contributed by atoms with Crippen molar-refractivity contribution >= 4 is 11.8 Å². The minimum absolute atomic E-state index is 0.276. The van der Waals surface area contributed by atoms with Crippen LogP contribution < -0.4 is 10.3 Å². The van der Waals surface area contributed by atoms with Crippen LogP contribution in [0, 0.1) is 5.82 Å². The number of benzene rings is 2. The highest BCUT2D eigenvalue weighted by Crippen LogP contribution is 2.25. The van der Waals surface area contributed by atoms with E-state index >= 15 is 0 Å². The van der Waals surface area contributed by atoms with Gasteiger partial charge in [-0.15, -0.1) is 0 Å². The van der Waals surface area contributed by atoms with E-state index in [-0.39, 0.29) is 11.4 Å². The fourth-order valence-electron chi connectivity index (χ4n) is 4.21. The third-order valence-corrected chi connectivity index (χ3v) is 7.41. The van der Waals surface area contributed by atoms with Crippen LogP contribution in [-0.2, 0) is 12.2 Å². The lowest BCUT2D eigenvalue weighted by atomic mass is 10.1. The molecule has 8 heteroatoms. The molecule has 6 nitrogen and oxygen atoms in total. The van der Waals surface area contributed by atoms with E-state index in [1.807, 2.05) is 35.0 Å². The number of rotatable bonds is 15. The van der Waals surface area contributed by atoms with Crippen LogP contribution in [0.25, 0.3) is 5.69 Å². The van der Waals surface area contributed by atoms with Gasteiger partial charge >= 0.3 is 0 Å². The number of hydrogen-bond donors (Lipinski definition) is 0. The molecule has 0 saturated carbocycles. The highest BCUT2D eigenvalue weighted by atomic mass is 32.2. The molecule has 0 bridgehead atoms. The van der Waals surface area contributed by atoms with Crippen LogP contribution in [0.5, 0.6) is 5.75 Å². The first-order chi connectivity index (χ1) is 19.1. The van der Waals surface area contributed by atoms with Crippen molar-refractivity contribution in [1.29, 1.82) is 0 Å². The van der Waals surface area contributed by atoms with Crippen molar-refractivity contribution in [3.8, 4) is 11.4 Å². The van der Waals surface area contributed by atoms with Gasteiger partial charge in [0.25, 0.3) is 5.56 Å². The summed E-state index contributed by atoms with van der Waals surface area (Å²) in [5.74, 6) is 1.10. The molecular weight excluding hydrogens is 511 g/mol. The SMILES string of the molecule is CCCCCCCCCOc1ccc(-n2cc(Cc3cncnc3)c(=O)nc2SCc2ccc(F)cc2)cc1. The zero-order chi connectivity index (χ0) is 27.3. The summed E-state index contributed by atoms with van der Waals surface area (Å²) in [6, 6.07) is 14.2. The summed E-state index contributed by atoms with van der Waals surface area (Å²) < 4.78 is 21.2. The Morgan fingerprint density at radius 2 is 1.56 bits per heavy atom. The molecule has 0 fully saturated rings. The summed E-state index contributed by atoms with van der Waals surface area (Å²) in [7, 11) is 0. The summed E-state index contributed by atoms with van der Waals surface area (Å²) in [5, 5.41) is 0.564. The molecule has 39 heavy (non-hydrogen) atoms. The fraction of sp³-hybridized carbons (Fsp3) is 0.355. The molecule has 2 aromatic carbocycles. The average molecular weight is 547 g/mol. The number of unbranched alkanes of at least 4 members (excludes halogenated alkanes) is 6. The predicted molar refractivity (Wildman–Crippen MR) is 154 cm³/mol. The number of nitrogens with zero attached hydrogens (tertiary/aromatic N) is 4. The van der Waals surface area contributed by atoms with E-state index in [2.05, 4.69) is 21.9 Å². The molecule has 2 aromatic heterocycles. The second-order valence-corrected chi connectivity index (χ2v) is 10.5.